The van der Waals surface area contributed by atoms with Crippen LogP contribution < -0.4 is 5.32 Å². The molecule has 2 rings (SSSR count). The molecule has 0 aromatic rings. The molecule has 1 heteroatoms. The Balaban J connectivity index is 1.65. The zero-order chi connectivity index (χ0) is 11.1. The predicted molar refractivity (Wildman–Crippen MR) is 70.6 cm³/mol. The summed E-state index contributed by atoms with van der Waals surface area (Å²) in [4.78, 5) is 0. The van der Waals surface area contributed by atoms with Crippen LogP contribution in [0.25, 0.3) is 0 Å². The molecular formula is C15H27N. The van der Waals surface area contributed by atoms with E-state index in [-0.39, 0.29) is 0 Å². The Morgan fingerprint density at radius 1 is 0.812 bits per heavy atom. The van der Waals surface area contributed by atoms with Crippen molar-refractivity contribution in [2.24, 2.45) is 5.92 Å². The molecule has 2 aliphatic rings. The Labute approximate surface area is 101 Å². The van der Waals surface area contributed by atoms with Crippen molar-refractivity contribution in [3.63, 3.8) is 0 Å². The maximum Gasteiger partial charge on any atom is 0.00671 e. The largest absolute Gasteiger partial charge is 0.314 e. The van der Waals surface area contributed by atoms with Crippen molar-refractivity contribution in [3.05, 3.63) is 12.2 Å². The zero-order valence-electron chi connectivity index (χ0n) is 10.6. The van der Waals surface area contributed by atoms with E-state index in [1.54, 1.807) is 0 Å². The SMILES string of the molecule is C1=CCCC(CNC2CCCCC2)CCC1. The van der Waals surface area contributed by atoms with Gasteiger partial charge in [0.05, 0.1) is 0 Å². The van der Waals surface area contributed by atoms with Crippen molar-refractivity contribution in [2.75, 3.05) is 6.54 Å². The smallest absolute Gasteiger partial charge is 0.00671 e. The van der Waals surface area contributed by atoms with Crippen LogP contribution in [-0.2, 0) is 0 Å². The summed E-state index contributed by atoms with van der Waals surface area (Å²) in [5.74, 6) is 0.937. The van der Waals surface area contributed by atoms with Gasteiger partial charge in [-0.05, 0) is 57.4 Å². The first-order valence-electron chi connectivity index (χ1n) is 7.33. The van der Waals surface area contributed by atoms with Gasteiger partial charge >= 0.3 is 0 Å². The normalized spacial score (nSPS) is 28.6. The Kier molecular flexibility index (Phi) is 5.41. The van der Waals surface area contributed by atoms with E-state index in [1.807, 2.05) is 0 Å². The van der Waals surface area contributed by atoms with Crippen molar-refractivity contribution >= 4 is 0 Å². The van der Waals surface area contributed by atoms with Gasteiger partial charge in [-0.25, -0.2) is 0 Å². The minimum absolute atomic E-state index is 0.842. The first-order valence-corrected chi connectivity index (χ1v) is 7.33. The molecule has 0 amide bonds. The van der Waals surface area contributed by atoms with Gasteiger partial charge in [0.15, 0.2) is 0 Å². The van der Waals surface area contributed by atoms with E-state index in [0.717, 1.165) is 12.0 Å². The van der Waals surface area contributed by atoms with E-state index in [9.17, 15) is 0 Å². The van der Waals surface area contributed by atoms with E-state index in [2.05, 4.69) is 17.5 Å². The molecule has 1 N–H and O–H groups in total. The summed E-state index contributed by atoms with van der Waals surface area (Å²) in [5, 5.41) is 3.82. The fourth-order valence-electron chi connectivity index (χ4n) is 3.08. The van der Waals surface area contributed by atoms with Gasteiger partial charge in [0.25, 0.3) is 0 Å². The van der Waals surface area contributed by atoms with Gasteiger partial charge in [0.2, 0.25) is 0 Å². The molecule has 0 aromatic carbocycles. The summed E-state index contributed by atoms with van der Waals surface area (Å²) >= 11 is 0. The van der Waals surface area contributed by atoms with Crippen molar-refractivity contribution in [2.45, 2.75) is 70.3 Å². The highest BCUT2D eigenvalue weighted by Crippen LogP contribution is 2.21. The first kappa shape index (κ1) is 12.2. The number of hydrogen-bond donors (Lipinski definition) is 1. The van der Waals surface area contributed by atoms with E-state index >= 15 is 0 Å². The third kappa shape index (κ3) is 4.29. The summed E-state index contributed by atoms with van der Waals surface area (Å²) in [6.45, 7) is 1.28. The monoisotopic (exact) mass is 221 g/mol. The Bertz CT molecular complexity index is 203. The highest BCUT2D eigenvalue weighted by atomic mass is 14.9. The van der Waals surface area contributed by atoms with Gasteiger partial charge in [-0.15, -0.1) is 0 Å². The molecule has 1 unspecified atom stereocenters. The molecule has 0 saturated heterocycles. The lowest BCUT2D eigenvalue weighted by Crippen LogP contribution is -2.35. The molecule has 92 valence electrons. The molecule has 1 atom stereocenters. The molecule has 16 heavy (non-hydrogen) atoms. The van der Waals surface area contributed by atoms with Crippen LogP contribution in [0.3, 0.4) is 0 Å². The minimum atomic E-state index is 0.842. The molecule has 0 aromatic heterocycles. The van der Waals surface area contributed by atoms with Gasteiger partial charge < -0.3 is 5.32 Å². The number of allylic oxidation sites excluding steroid dienone is 2. The highest BCUT2D eigenvalue weighted by Gasteiger charge is 2.15. The molecule has 0 bridgehead atoms. The average molecular weight is 221 g/mol. The summed E-state index contributed by atoms with van der Waals surface area (Å²) in [6.07, 6.45) is 18.8. The topological polar surface area (TPSA) is 12.0 Å². The summed E-state index contributed by atoms with van der Waals surface area (Å²) in [7, 11) is 0. The van der Waals surface area contributed by atoms with Crippen LogP contribution in [-0.4, -0.2) is 12.6 Å². The number of nitrogens with one attached hydrogen (secondary N) is 1. The van der Waals surface area contributed by atoms with Gasteiger partial charge in [-0.3, -0.25) is 0 Å². The summed E-state index contributed by atoms with van der Waals surface area (Å²) in [5.41, 5.74) is 0. The van der Waals surface area contributed by atoms with Crippen molar-refractivity contribution in [1.82, 2.24) is 5.32 Å². The van der Waals surface area contributed by atoms with E-state index in [4.69, 9.17) is 0 Å². The Hall–Kier alpha value is -0.300. The second-order valence-corrected chi connectivity index (χ2v) is 5.59. The Morgan fingerprint density at radius 3 is 2.50 bits per heavy atom. The van der Waals surface area contributed by atoms with Crippen LogP contribution in [0.4, 0.5) is 0 Å². The second-order valence-electron chi connectivity index (χ2n) is 5.59. The maximum atomic E-state index is 3.82. The fourth-order valence-corrected chi connectivity index (χ4v) is 3.08. The third-order valence-corrected chi connectivity index (χ3v) is 4.19. The molecule has 0 heterocycles. The summed E-state index contributed by atoms with van der Waals surface area (Å²) in [6, 6.07) is 0.842. The molecule has 1 nitrogen and oxygen atoms in total. The van der Waals surface area contributed by atoms with Crippen molar-refractivity contribution in [3.8, 4) is 0 Å². The molecule has 1 saturated carbocycles. The van der Waals surface area contributed by atoms with Crippen LogP contribution in [0.5, 0.6) is 0 Å². The predicted octanol–water partition coefficient (Wildman–Crippen LogP) is 4.05. The number of hydrogen-bond acceptors (Lipinski definition) is 1. The lowest BCUT2D eigenvalue weighted by Gasteiger charge is -2.26. The fraction of sp³-hybridized carbons (Fsp3) is 0.867. The van der Waals surface area contributed by atoms with E-state index < -0.39 is 0 Å². The average Bonchev–Trinajstić information content (AvgIpc) is 2.29. The Morgan fingerprint density at radius 2 is 1.62 bits per heavy atom. The molecule has 0 aliphatic heterocycles. The minimum Gasteiger partial charge on any atom is -0.314 e. The summed E-state index contributed by atoms with van der Waals surface area (Å²) < 4.78 is 0. The first-order chi connectivity index (χ1) is 7.95. The lowest BCUT2D eigenvalue weighted by atomic mass is 9.92. The molecule has 2 aliphatic carbocycles. The molecular weight excluding hydrogens is 194 g/mol. The molecule has 0 spiro atoms. The van der Waals surface area contributed by atoms with Crippen LogP contribution in [0, 0.1) is 5.92 Å². The van der Waals surface area contributed by atoms with Gasteiger partial charge in [-0.2, -0.15) is 0 Å². The van der Waals surface area contributed by atoms with Crippen LogP contribution in [0.1, 0.15) is 64.2 Å². The van der Waals surface area contributed by atoms with E-state index in [1.165, 1.54) is 70.8 Å². The van der Waals surface area contributed by atoms with Crippen LogP contribution in [0.2, 0.25) is 0 Å². The van der Waals surface area contributed by atoms with E-state index in [0.29, 0.717) is 0 Å². The molecule has 0 radical (unpaired) electrons. The van der Waals surface area contributed by atoms with Crippen LogP contribution >= 0.6 is 0 Å². The molecule has 1 fully saturated rings. The van der Waals surface area contributed by atoms with Gasteiger partial charge in [-0.1, -0.05) is 31.4 Å². The van der Waals surface area contributed by atoms with Crippen molar-refractivity contribution < 1.29 is 0 Å². The maximum absolute atomic E-state index is 3.82. The highest BCUT2D eigenvalue weighted by molar-refractivity contribution is 4.85. The zero-order valence-corrected chi connectivity index (χ0v) is 10.6. The van der Waals surface area contributed by atoms with Gasteiger partial charge in [0.1, 0.15) is 0 Å². The second kappa shape index (κ2) is 7.11. The number of rotatable bonds is 3. The van der Waals surface area contributed by atoms with Crippen LogP contribution in [0.15, 0.2) is 12.2 Å². The standard InChI is InChI=1S/C15H27N/c1-2-5-9-14(10-6-3-1)13-16-15-11-7-4-8-12-15/h1-2,14-16H,3-13H2. The van der Waals surface area contributed by atoms with Crippen molar-refractivity contribution in [1.29, 1.82) is 0 Å². The van der Waals surface area contributed by atoms with Gasteiger partial charge in [0, 0.05) is 6.04 Å². The lowest BCUT2D eigenvalue weighted by molar-refractivity contribution is 0.327. The quantitative estimate of drug-likeness (QED) is 0.709. The third-order valence-electron chi connectivity index (χ3n) is 4.19.